The maximum absolute atomic E-state index is 13.4. The first kappa shape index (κ1) is 36.2. The van der Waals surface area contributed by atoms with Gasteiger partial charge in [0, 0.05) is 40.0 Å². The van der Waals surface area contributed by atoms with Crippen LogP contribution in [0.4, 0.5) is 5.13 Å². The zero-order valence-corrected chi connectivity index (χ0v) is 29.2. The molecule has 0 unspecified atom stereocenters. The number of pyridine rings is 2. The maximum Gasteiger partial charge on any atom is 0.373 e. The zero-order chi connectivity index (χ0) is 36.3. The minimum absolute atomic E-state index is 0.0266. The van der Waals surface area contributed by atoms with Crippen LogP contribution in [-0.2, 0) is 41.9 Å². The summed E-state index contributed by atoms with van der Waals surface area (Å²) in [5.41, 5.74) is 4.31. The number of thioether (sulfide) groups is 2. The second-order valence-corrected chi connectivity index (χ2v) is 14.9. The molecule has 0 spiro atoms. The lowest BCUT2D eigenvalue weighted by atomic mass is 10.0. The molecule has 6 N–H and O–H groups in total. The highest BCUT2D eigenvalue weighted by molar-refractivity contribution is 8.01. The fourth-order valence-corrected chi connectivity index (χ4v) is 7.68. The molecule has 2 aliphatic rings. The zero-order valence-electron chi connectivity index (χ0n) is 26.8. The van der Waals surface area contributed by atoms with Crippen LogP contribution >= 0.6 is 34.9 Å². The van der Waals surface area contributed by atoms with Crippen molar-refractivity contribution in [2.24, 2.45) is 5.16 Å². The van der Waals surface area contributed by atoms with Crippen molar-refractivity contribution in [1.29, 1.82) is 0 Å². The van der Waals surface area contributed by atoms with Gasteiger partial charge in [-0.25, -0.2) is 14.6 Å². The average molecular weight is 747 g/mol. The lowest BCUT2D eigenvalue weighted by molar-refractivity contribution is -0.686. The molecule has 0 saturated carbocycles. The lowest BCUT2D eigenvalue weighted by Crippen LogP contribution is -2.71. The van der Waals surface area contributed by atoms with Gasteiger partial charge in [-0.1, -0.05) is 5.16 Å². The molecule has 264 valence electrons. The number of rotatable bonds is 12. The van der Waals surface area contributed by atoms with Gasteiger partial charge in [0.1, 0.15) is 34.1 Å². The van der Waals surface area contributed by atoms with Crippen LogP contribution in [0.5, 0.6) is 5.75 Å². The number of thiazole rings is 1. The second-order valence-electron chi connectivity index (χ2n) is 11.8. The molecule has 50 heavy (non-hydrogen) atoms. The van der Waals surface area contributed by atoms with E-state index in [1.54, 1.807) is 49.9 Å². The molecule has 3 aromatic rings. The Hall–Kier alpha value is -5.08. The monoisotopic (exact) mass is 746 g/mol. The normalized spacial score (nSPS) is 17.5. The van der Waals surface area contributed by atoms with Crippen LogP contribution in [0, 0.1) is 0 Å². The molecule has 1 fully saturated rings. The van der Waals surface area contributed by atoms with E-state index in [1.807, 2.05) is 0 Å². The van der Waals surface area contributed by atoms with Crippen LogP contribution in [0.25, 0.3) is 0 Å². The van der Waals surface area contributed by atoms with Crippen LogP contribution in [0.1, 0.15) is 32.2 Å². The second kappa shape index (κ2) is 14.8. The highest BCUT2D eigenvalue weighted by Crippen LogP contribution is 2.41. The third-order valence-electron chi connectivity index (χ3n) is 6.98. The van der Waals surface area contributed by atoms with Crippen LogP contribution in [-0.4, -0.2) is 88.0 Å². The van der Waals surface area contributed by atoms with Crippen molar-refractivity contribution in [3.63, 3.8) is 0 Å². The Balaban J connectivity index is 1.24. The standard InChI is InChI=1S/C30H31N7O10S3/c1-30(2,3)47-21(40)10-35-6-4-17(5-7-35)48-12-15-13-49-27-23(26(42)37(27)24(15)28(43)44)33-25(41)22(18-14-50-29(31)32-18)34-46-11-16-8-19(38)20(39)9-36(16)45/h4-9,14,23,27,45H,10-13H2,1-3H3,(H4-,31,32,33,39,41,43,44)/p+1/b34-22-/t23-,27-/m1/s1. The van der Waals surface area contributed by atoms with E-state index >= 15 is 0 Å². The van der Waals surface area contributed by atoms with Gasteiger partial charge in [0.05, 0.1) is 6.20 Å². The van der Waals surface area contributed by atoms with Gasteiger partial charge in [0.25, 0.3) is 11.8 Å². The number of hydrogen-bond acceptors (Lipinski definition) is 15. The van der Waals surface area contributed by atoms with Crippen molar-refractivity contribution >= 4 is 69.5 Å². The van der Waals surface area contributed by atoms with Crippen LogP contribution in [0.3, 0.4) is 0 Å². The highest BCUT2D eigenvalue weighted by atomic mass is 32.2. The molecule has 0 aromatic carbocycles. The number of nitrogens with one attached hydrogen (secondary N) is 1. The summed E-state index contributed by atoms with van der Waals surface area (Å²) >= 11 is 3.68. The molecule has 0 radical (unpaired) electrons. The Morgan fingerprint density at radius 2 is 1.96 bits per heavy atom. The van der Waals surface area contributed by atoms with Gasteiger partial charge in [-0.15, -0.1) is 34.9 Å². The van der Waals surface area contributed by atoms with E-state index in [4.69, 9.17) is 15.3 Å². The number of anilines is 1. The van der Waals surface area contributed by atoms with E-state index in [0.29, 0.717) is 10.3 Å². The fourth-order valence-electron chi connectivity index (χ4n) is 4.77. The molecule has 1 saturated heterocycles. The predicted molar refractivity (Wildman–Crippen MR) is 180 cm³/mol. The average Bonchev–Trinajstić information content (AvgIpc) is 3.47. The van der Waals surface area contributed by atoms with E-state index in [-0.39, 0.29) is 51.9 Å². The van der Waals surface area contributed by atoms with Crippen molar-refractivity contribution in [3.05, 3.63) is 75.1 Å². The quantitative estimate of drug-likeness (QED) is 0.0330. The molecular formula is C30H32N7O10S3+. The number of carbonyl (C=O) groups excluding carboxylic acids is 3. The van der Waals surface area contributed by atoms with Crippen LogP contribution in [0.2, 0.25) is 0 Å². The molecule has 17 nitrogen and oxygen atoms in total. The summed E-state index contributed by atoms with van der Waals surface area (Å²) in [7, 11) is 0. The first-order valence-corrected chi connectivity index (χ1v) is 17.6. The first-order chi connectivity index (χ1) is 23.6. The van der Waals surface area contributed by atoms with Gasteiger partial charge in [-0.2, -0.15) is 9.30 Å². The number of carboxylic acids is 1. The van der Waals surface area contributed by atoms with Crippen molar-refractivity contribution in [3.8, 4) is 5.75 Å². The Bertz CT molecular complexity index is 1950. The number of nitrogens with two attached hydrogens (primary N) is 1. The molecule has 0 aliphatic carbocycles. The molecular weight excluding hydrogens is 715 g/mol. The van der Waals surface area contributed by atoms with E-state index in [9.17, 15) is 39.4 Å². The number of nitrogen functional groups attached to an aromatic ring is 1. The minimum Gasteiger partial charge on any atom is -0.503 e. The number of carbonyl (C=O) groups is 4. The van der Waals surface area contributed by atoms with Crippen molar-refractivity contribution in [1.82, 2.24) is 19.9 Å². The maximum atomic E-state index is 13.4. The topological polar surface area (TPSA) is 240 Å². The SMILES string of the molecule is CC(C)(C)OC(=O)C[n+]1ccc(SCC2=C(C(=O)O)N3C(=O)[C@@H](NC(=O)/C(=N\OCc4cc(=O)c(O)cn4O)c4csc(N)n4)[C@H]3SC2)cc1. The predicted octanol–water partition coefficient (Wildman–Crippen LogP) is 0.911. The number of ether oxygens (including phenoxy) is 1. The Morgan fingerprint density at radius 3 is 2.60 bits per heavy atom. The fraction of sp³-hybridized carbons (Fsp3) is 0.333. The molecule has 2 atom stereocenters. The molecule has 5 rings (SSSR count). The van der Waals surface area contributed by atoms with E-state index in [1.165, 1.54) is 28.9 Å². The Morgan fingerprint density at radius 1 is 1.24 bits per heavy atom. The molecule has 3 aromatic heterocycles. The van der Waals surface area contributed by atoms with Gasteiger partial charge in [-0.05, 0) is 26.3 Å². The number of nitrogens with zero attached hydrogens (tertiary/aromatic N) is 5. The van der Waals surface area contributed by atoms with Gasteiger partial charge in [0.2, 0.25) is 12.0 Å². The molecule has 20 heteroatoms. The van der Waals surface area contributed by atoms with Gasteiger partial charge >= 0.3 is 11.9 Å². The third kappa shape index (κ3) is 8.37. The van der Waals surface area contributed by atoms with Crippen molar-refractivity contribution in [2.45, 2.75) is 55.8 Å². The van der Waals surface area contributed by atoms with E-state index in [2.05, 4.69) is 15.5 Å². The summed E-state index contributed by atoms with van der Waals surface area (Å²) in [5.74, 6) is -3.29. The summed E-state index contributed by atoms with van der Waals surface area (Å²) in [6.07, 6.45) is 4.21. The Labute approximate surface area is 296 Å². The van der Waals surface area contributed by atoms with Crippen LogP contribution < -0.4 is 21.0 Å². The number of aliphatic carboxylic acids is 1. The van der Waals surface area contributed by atoms with E-state index < -0.39 is 52.6 Å². The van der Waals surface area contributed by atoms with Crippen molar-refractivity contribution < 1.29 is 48.7 Å². The number of hydrogen-bond donors (Lipinski definition) is 5. The summed E-state index contributed by atoms with van der Waals surface area (Å²) in [6.45, 7) is 4.92. The lowest BCUT2D eigenvalue weighted by Gasteiger charge is -2.49. The number of esters is 1. The molecule has 2 amide bonds. The third-order valence-corrected chi connectivity index (χ3v) is 10.1. The molecule has 0 bridgehead atoms. The molecule has 2 aliphatic heterocycles. The van der Waals surface area contributed by atoms with Gasteiger partial charge in [0.15, 0.2) is 35.6 Å². The number of carboxylic acid groups (broad SMARTS) is 1. The summed E-state index contributed by atoms with van der Waals surface area (Å²) in [6, 6.07) is 3.41. The van der Waals surface area contributed by atoms with Crippen LogP contribution in [0.15, 0.2) is 68.3 Å². The van der Waals surface area contributed by atoms with Crippen molar-refractivity contribution in [2.75, 3.05) is 17.2 Å². The summed E-state index contributed by atoms with van der Waals surface area (Å²) in [4.78, 5) is 74.2. The summed E-state index contributed by atoms with van der Waals surface area (Å²) in [5, 5.41) is 36.7. The first-order valence-electron chi connectivity index (χ1n) is 14.7. The molecule has 5 heterocycles. The summed E-state index contributed by atoms with van der Waals surface area (Å²) < 4.78 is 7.47. The van der Waals surface area contributed by atoms with Gasteiger partial charge in [-0.3, -0.25) is 19.3 Å². The smallest absolute Gasteiger partial charge is 0.373 e. The number of aromatic nitrogens is 3. The minimum atomic E-state index is -1.28. The number of oxime groups is 1. The number of amides is 2. The highest BCUT2D eigenvalue weighted by Gasteiger charge is 2.54. The number of aromatic hydroxyl groups is 1. The van der Waals surface area contributed by atoms with Gasteiger partial charge < -0.3 is 36.0 Å². The number of fused-ring (bicyclic) bond motifs is 1. The largest absolute Gasteiger partial charge is 0.503 e. The van der Waals surface area contributed by atoms with E-state index in [0.717, 1.165) is 33.4 Å². The number of β-lactam (4-membered cyclic amide) rings is 1. The Kier molecular flexibility index (Phi) is 10.7.